The summed E-state index contributed by atoms with van der Waals surface area (Å²) in [4.78, 5) is 4.09. The Morgan fingerprint density at radius 3 is 2.53 bits per heavy atom. The van der Waals surface area contributed by atoms with Gasteiger partial charge in [-0.25, -0.2) is 13.1 Å². The molecule has 1 unspecified atom stereocenters. The quantitative estimate of drug-likeness (QED) is 0.870. The Labute approximate surface area is 115 Å². The van der Waals surface area contributed by atoms with Gasteiger partial charge in [0.25, 0.3) is 0 Å². The Morgan fingerprint density at radius 1 is 1.37 bits per heavy atom. The van der Waals surface area contributed by atoms with Gasteiger partial charge in [-0.3, -0.25) is 4.98 Å². The summed E-state index contributed by atoms with van der Waals surface area (Å²) in [5.41, 5.74) is 0.430. The lowest BCUT2D eigenvalue weighted by Crippen LogP contribution is -2.41. The molecular weight excluding hydrogens is 262 g/mol. The average molecular weight is 285 g/mol. The molecule has 1 aromatic rings. The van der Waals surface area contributed by atoms with E-state index in [0.29, 0.717) is 12.2 Å². The van der Waals surface area contributed by atoms with E-state index in [0.717, 1.165) is 0 Å². The van der Waals surface area contributed by atoms with Crippen LogP contribution in [-0.4, -0.2) is 26.0 Å². The number of nitrogens with zero attached hydrogens (tertiary/aromatic N) is 1. The van der Waals surface area contributed by atoms with Gasteiger partial charge < -0.3 is 5.32 Å². The number of hydrogen-bond donors (Lipinski definition) is 2. The molecule has 0 aliphatic carbocycles. The second-order valence-electron chi connectivity index (χ2n) is 5.61. The molecule has 0 saturated heterocycles. The van der Waals surface area contributed by atoms with E-state index in [1.54, 1.807) is 12.3 Å². The van der Waals surface area contributed by atoms with Crippen LogP contribution < -0.4 is 10.0 Å². The van der Waals surface area contributed by atoms with E-state index < -0.39 is 10.0 Å². The molecule has 0 aliphatic heterocycles. The van der Waals surface area contributed by atoms with Gasteiger partial charge in [-0.05, 0) is 25.3 Å². The smallest absolute Gasteiger partial charge is 0.244 e. The fourth-order valence-electron chi connectivity index (χ4n) is 1.40. The van der Waals surface area contributed by atoms with Crippen molar-refractivity contribution < 1.29 is 8.42 Å². The summed E-state index contributed by atoms with van der Waals surface area (Å²) < 4.78 is 27.5. The molecular formula is C13H23N3O2S. The number of hydrogen-bond acceptors (Lipinski definition) is 4. The Kier molecular flexibility index (Phi) is 4.92. The van der Waals surface area contributed by atoms with E-state index in [-0.39, 0.29) is 16.4 Å². The summed E-state index contributed by atoms with van der Waals surface area (Å²) in [6.45, 7) is 10.4. The Morgan fingerprint density at radius 2 is 2.00 bits per heavy atom. The standard InChI is InChI=1S/C13H23N3O2S/c1-6-15-11-7-8-14-9-12(11)19(17,18)16-10(2)13(3,4)5/h7-10,16H,6H2,1-5H3,(H,14,15). The van der Waals surface area contributed by atoms with Crippen LogP contribution in [0.4, 0.5) is 5.69 Å². The lowest BCUT2D eigenvalue weighted by atomic mass is 9.89. The van der Waals surface area contributed by atoms with Crippen molar-refractivity contribution in [1.82, 2.24) is 9.71 Å². The lowest BCUT2D eigenvalue weighted by molar-refractivity contribution is 0.317. The molecule has 0 radical (unpaired) electrons. The topological polar surface area (TPSA) is 71.1 Å². The van der Waals surface area contributed by atoms with Crippen molar-refractivity contribution in [1.29, 1.82) is 0 Å². The molecule has 0 fully saturated rings. The minimum atomic E-state index is -3.57. The summed E-state index contributed by atoms with van der Waals surface area (Å²) in [5, 5.41) is 3.04. The van der Waals surface area contributed by atoms with Crippen molar-refractivity contribution in [3.8, 4) is 0 Å². The molecule has 2 N–H and O–H groups in total. The van der Waals surface area contributed by atoms with Crippen LogP contribution >= 0.6 is 0 Å². The van der Waals surface area contributed by atoms with E-state index in [1.807, 2.05) is 34.6 Å². The normalized spacial score (nSPS) is 14.2. The van der Waals surface area contributed by atoms with Crippen molar-refractivity contribution in [3.05, 3.63) is 18.5 Å². The molecule has 5 nitrogen and oxygen atoms in total. The predicted molar refractivity (Wildman–Crippen MR) is 77.6 cm³/mol. The minimum Gasteiger partial charge on any atom is -0.384 e. The lowest BCUT2D eigenvalue weighted by Gasteiger charge is -2.28. The number of pyridine rings is 1. The highest BCUT2D eigenvalue weighted by Gasteiger charge is 2.27. The number of rotatable bonds is 5. The van der Waals surface area contributed by atoms with Gasteiger partial charge in [0.1, 0.15) is 4.90 Å². The molecule has 0 saturated carbocycles. The number of aromatic nitrogens is 1. The zero-order chi connectivity index (χ0) is 14.7. The van der Waals surface area contributed by atoms with E-state index in [4.69, 9.17) is 0 Å². The van der Waals surface area contributed by atoms with Crippen LogP contribution in [0.25, 0.3) is 0 Å². The molecule has 0 aliphatic rings. The highest BCUT2D eigenvalue weighted by atomic mass is 32.2. The maximum atomic E-state index is 12.4. The SMILES string of the molecule is CCNc1ccncc1S(=O)(=O)NC(C)C(C)(C)C. The largest absolute Gasteiger partial charge is 0.384 e. The van der Waals surface area contributed by atoms with Crippen LogP contribution in [0, 0.1) is 5.41 Å². The molecule has 0 amide bonds. The summed E-state index contributed by atoms with van der Waals surface area (Å²) in [5.74, 6) is 0. The molecule has 6 heteroatoms. The van der Waals surface area contributed by atoms with Gasteiger partial charge in [-0.1, -0.05) is 20.8 Å². The second kappa shape index (κ2) is 5.88. The van der Waals surface area contributed by atoms with Gasteiger partial charge in [0.2, 0.25) is 10.0 Å². The van der Waals surface area contributed by atoms with Gasteiger partial charge in [0, 0.05) is 25.0 Å². The monoisotopic (exact) mass is 285 g/mol. The minimum absolute atomic E-state index is 0.145. The van der Waals surface area contributed by atoms with Crippen LogP contribution in [0.3, 0.4) is 0 Å². The van der Waals surface area contributed by atoms with Crippen LogP contribution in [0.5, 0.6) is 0 Å². The molecule has 1 rings (SSSR count). The maximum absolute atomic E-state index is 12.4. The zero-order valence-electron chi connectivity index (χ0n) is 12.2. The fraction of sp³-hybridized carbons (Fsp3) is 0.615. The van der Waals surface area contributed by atoms with E-state index in [9.17, 15) is 8.42 Å². The van der Waals surface area contributed by atoms with E-state index in [1.165, 1.54) is 6.20 Å². The molecule has 0 spiro atoms. The van der Waals surface area contributed by atoms with Gasteiger partial charge in [0.15, 0.2) is 0 Å². The van der Waals surface area contributed by atoms with Crippen molar-refractivity contribution >= 4 is 15.7 Å². The van der Waals surface area contributed by atoms with Gasteiger partial charge >= 0.3 is 0 Å². The van der Waals surface area contributed by atoms with Gasteiger partial charge in [0.05, 0.1) is 5.69 Å². The molecule has 1 aromatic heterocycles. The molecule has 0 aromatic carbocycles. The first-order valence-corrected chi connectivity index (χ1v) is 7.87. The van der Waals surface area contributed by atoms with Crippen LogP contribution in [0.15, 0.2) is 23.4 Å². The summed E-state index contributed by atoms with van der Waals surface area (Å²) in [7, 11) is -3.57. The number of anilines is 1. The van der Waals surface area contributed by atoms with Crippen LogP contribution in [0.2, 0.25) is 0 Å². The zero-order valence-corrected chi connectivity index (χ0v) is 13.0. The highest BCUT2D eigenvalue weighted by Crippen LogP contribution is 2.23. The summed E-state index contributed by atoms with van der Waals surface area (Å²) in [6.07, 6.45) is 2.94. The van der Waals surface area contributed by atoms with Gasteiger partial charge in [-0.2, -0.15) is 0 Å². The van der Waals surface area contributed by atoms with Crippen molar-refractivity contribution in [2.75, 3.05) is 11.9 Å². The molecule has 19 heavy (non-hydrogen) atoms. The third-order valence-corrected chi connectivity index (χ3v) is 4.64. The van der Waals surface area contributed by atoms with Crippen molar-refractivity contribution in [2.24, 2.45) is 5.41 Å². The van der Waals surface area contributed by atoms with Crippen LogP contribution in [0.1, 0.15) is 34.6 Å². The first-order valence-electron chi connectivity index (χ1n) is 6.38. The Balaban J connectivity index is 3.07. The fourth-order valence-corrected chi connectivity index (χ4v) is 2.98. The Bertz CT molecular complexity index is 521. The third-order valence-electron chi connectivity index (χ3n) is 3.07. The number of nitrogens with one attached hydrogen (secondary N) is 2. The number of sulfonamides is 1. The van der Waals surface area contributed by atoms with Crippen LogP contribution in [-0.2, 0) is 10.0 Å². The summed E-state index contributed by atoms with van der Waals surface area (Å²) in [6, 6.07) is 1.49. The Hall–Kier alpha value is -1.14. The molecule has 1 atom stereocenters. The van der Waals surface area contributed by atoms with Gasteiger partial charge in [-0.15, -0.1) is 0 Å². The first-order chi connectivity index (χ1) is 8.68. The van der Waals surface area contributed by atoms with Crippen molar-refractivity contribution in [3.63, 3.8) is 0 Å². The maximum Gasteiger partial charge on any atom is 0.244 e. The highest BCUT2D eigenvalue weighted by molar-refractivity contribution is 7.89. The first kappa shape index (κ1) is 15.9. The summed E-state index contributed by atoms with van der Waals surface area (Å²) >= 11 is 0. The van der Waals surface area contributed by atoms with E-state index >= 15 is 0 Å². The van der Waals surface area contributed by atoms with E-state index in [2.05, 4.69) is 15.0 Å². The van der Waals surface area contributed by atoms with Crippen molar-refractivity contribution in [2.45, 2.75) is 45.6 Å². The molecule has 1 heterocycles. The second-order valence-corrected chi connectivity index (χ2v) is 7.29. The molecule has 0 bridgehead atoms. The molecule has 108 valence electrons. The third kappa shape index (κ3) is 4.18. The average Bonchev–Trinajstić information content (AvgIpc) is 2.28. The predicted octanol–water partition coefficient (Wildman–Crippen LogP) is 2.23.